The lowest BCUT2D eigenvalue weighted by molar-refractivity contribution is -0.870. The number of aliphatic hydroxyl groups excluding tert-OH is 1. The van der Waals surface area contributed by atoms with Crippen molar-refractivity contribution in [3.05, 3.63) is 71.8 Å². The third-order valence-corrected chi connectivity index (χ3v) is 8.25. The Morgan fingerprint density at radius 2 is 1.41 bits per heavy atom. The average molecular weight is 637 g/mol. The molecule has 3 atom stereocenters. The van der Waals surface area contributed by atoms with Crippen LogP contribution in [0, 0.1) is 0 Å². The van der Waals surface area contributed by atoms with Crippen molar-refractivity contribution < 1.29 is 42.4 Å². The predicted molar refractivity (Wildman–Crippen MR) is 173 cm³/mol. The van der Waals surface area contributed by atoms with Gasteiger partial charge in [-0.25, -0.2) is 4.57 Å². The molecule has 0 saturated heterocycles. The van der Waals surface area contributed by atoms with Gasteiger partial charge in [0.1, 0.15) is 19.3 Å². The van der Waals surface area contributed by atoms with Gasteiger partial charge in [-0.15, -0.1) is 0 Å². The van der Waals surface area contributed by atoms with Crippen molar-refractivity contribution in [3.8, 4) is 0 Å². The summed E-state index contributed by atoms with van der Waals surface area (Å²) in [6, 6.07) is 19.3. The Hall–Kier alpha value is -2.10. The summed E-state index contributed by atoms with van der Waals surface area (Å²) in [7, 11) is 1.57. The Labute approximate surface area is 264 Å². The van der Waals surface area contributed by atoms with E-state index in [1.165, 1.54) is 19.3 Å². The first-order valence-corrected chi connectivity index (χ1v) is 17.5. The van der Waals surface area contributed by atoms with Crippen LogP contribution in [0.1, 0.15) is 88.4 Å². The van der Waals surface area contributed by atoms with Crippen molar-refractivity contribution in [1.82, 2.24) is 0 Å². The number of benzene rings is 2. The number of carbonyl (C=O) groups excluding carboxylic acids is 1. The number of carbonyl (C=O) groups is 1. The molecule has 0 spiro atoms. The molecule has 0 saturated carbocycles. The lowest BCUT2D eigenvalue weighted by atomic mass is 10.0. The van der Waals surface area contributed by atoms with Crippen LogP contribution < -0.4 is 0 Å². The predicted octanol–water partition coefficient (Wildman–Crippen LogP) is 6.83. The molecule has 2 N–H and O–H groups in total. The quantitative estimate of drug-likeness (QED) is 0.0559. The fourth-order valence-electron chi connectivity index (χ4n) is 4.61. The van der Waals surface area contributed by atoms with Crippen LogP contribution in [0.2, 0.25) is 0 Å². The third-order valence-electron chi connectivity index (χ3n) is 7.26. The summed E-state index contributed by atoms with van der Waals surface area (Å²) in [6.07, 6.45) is 6.17. The highest BCUT2D eigenvalue weighted by atomic mass is 31.2. The van der Waals surface area contributed by atoms with E-state index in [4.69, 9.17) is 18.5 Å². The number of phosphoric ester groups is 1. The second-order valence-corrected chi connectivity index (χ2v) is 13.7. The molecule has 0 amide bonds. The van der Waals surface area contributed by atoms with Gasteiger partial charge < -0.3 is 24.0 Å². The highest BCUT2D eigenvalue weighted by Gasteiger charge is 2.28. The van der Waals surface area contributed by atoms with Crippen molar-refractivity contribution in [3.63, 3.8) is 0 Å². The summed E-state index contributed by atoms with van der Waals surface area (Å²) in [5.41, 5.74) is 1.81. The molecule has 0 radical (unpaired) electrons. The first kappa shape index (κ1) is 38.1. The Bertz CT molecular complexity index is 1040. The Morgan fingerprint density at radius 1 is 0.818 bits per heavy atom. The summed E-state index contributed by atoms with van der Waals surface area (Å²) in [4.78, 5) is 22.9. The van der Waals surface area contributed by atoms with Gasteiger partial charge >= 0.3 is 13.8 Å². The van der Waals surface area contributed by atoms with Crippen molar-refractivity contribution in [2.45, 2.75) is 89.4 Å². The standard InChI is InChI=1S/C34H54NO8P/c1-5-6-7-8-9-16-23-31(36)32(28-42-44(38,39)41-27-25-35(2,3)4)40-26-18-17-24-33(37)43-34(29-19-12-10-13-20-29)30-21-14-11-15-22-30/h10-15,19-22,31-32,34,36H,5-9,16-18,23-28H2,1-4H3/p+1/t31-,32+/m1/s1. The lowest BCUT2D eigenvalue weighted by Crippen LogP contribution is -2.37. The first-order chi connectivity index (χ1) is 21.0. The molecule has 0 aliphatic rings. The van der Waals surface area contributed by atoms with Gasteiger partial charge in [-0.2, -0.15) is 0 Å². The summed E-state index contributed by atoms with van der Waals surface area (Å²) in [5.74, 6) is -0.307. The fourth-order valence-corrected chi connectivity index (χ4v) is 5.33. The molecule has 0 fully saturated rings. The smallest absolute Gasteiger partial charge is 0.453 e. The van der Waals surface area contributed by atoms with Crippen LogP contribution in [-0.4, -0.2) is 80.2 Å². The minimum atomic E-state index is -4.30. The van der Waals surface area contributed by atoms with E-state index < -0.39 is 26.1 Å². The molecule has 0 bridgehead atoms. The van der Waals surface area contributed by atoms with Gasteiger partial charge in [0, 0.05) is 13.0 Å². The largest absolute Gasteiger partial charge is 0.472 e. The van der Waals surface area contributed by atoms with E-state index in [2.05, 4.69) is 6.92 Å². The molecule has 248 valence electrons. The Balaban J connectivity index is 1.85. The number of likely N-dealkylation sites (N-methyl/N-ethyl adjacent to an activating group) is 1. The van der Waals surface area contributed by atoms with Crippen molar-refractivity contribution in [1.29, 1.82) is 0 Å². The van der Waals surface area contributed by atoms with Crippen LogP contribution in [0.15, 0.2) is 60.7 Å². The van der Waals surface area contributed by atoms with Crippen LogP contribution in [0.3, 0.4) is 0 Å². The molecule has 2 aromatic rings. The fraction of sp³-hybridized carbons (Fsp3) is 0.618. The van der Waals surface area contributed by atoms with Crippen LogP contribution >= 0.6 is 7.82 Å². The average Bonchev–Trinajstić information content (AvgIpc) is 2.99. The van der Waals surface area contributed by atoms with E-state index >= 15 is 0 Å². The molecule has 0 aromatic heterocycles. The monoisotopic (exact) mass is 636 g/mol. The second-order valence-electron chi connectivity index (χ2n) is 12.3. The summed E-state index contributed by atoms with van der Waals surface area (Å²) in [6.45, 7) is 2.76. The maximum atomic E-state index is 12.8. The van der Waals surface area contributed by atoms with Crippen LogP contribution in [-0.2, 0) is 27.9 Å². The van der Waals surface area contributed by atoms with E-state index in [0.29, 0.717) is 30.3 Å². The minimum absolute atomic E-state index is 0.0641. The van der Waals surface area contributed by atoms with E-state index in [1.54, 1.807) is 0 Å². The molecular weight excluding hydrogens is 581 g/mol. The summed E-state index contributed by atoms with van der Waals surface area (Å²) < 4.78 is 35.2. The molecule has 0 aliphatic carbocycles. The molecule has 0 aliphatic heterocycles. The SMILES string of the molecule is CCCCCCCC[C@@H](O)[C@H](COP(=O)(O)OCC[N+](C)(C)C)OCCCCC(=O)OC(c1ccccc1)c1ccccc1. The molecule has 1 unspecified atom stereocenters. The first-order valence-electron chi connectivity index (χ1n) is 16.0. The van der Waals surface area contributed by atoms with Crippen LogP contribution in [0.25, 0.3) is 0 Å². The molecule has 2 aromatic carbocycles. The van der Waals surface area contributed by atoms with Gasteiger partial charge in [0.05, 0.1) is 33.9 Å². The number of unbranched alkanes of at least 4 members (excludes halogenated alkanes) is 6. The van der Waals surface area contributed by atoms with Crippen LogP contribution in [0.5, 0.6) is 0 Å². The highest BCUT2D eigenvalue weighted by molar-refractivity contribution is 7.47. The zero-order valence-electron chi connectivity index (χ0n) is 27.1. The highest BCUT2D eigenvalue weighted by Crippen LogP contribution is 2.43. The van der Waals surface area contributed by atoms with Gasteiger partial charge in [0.25, 0.3) is 0 Å². The normalized spacial score (nSPS) is 14.7. The van der Waals surface area contributed by atoms with Crippen molar-refractivity contribution >= 4 is 13.8 Å². The zero-order valence-corrected chi connectivity index (χ0v) is 28.0. The van der Waals surface area contributed by atoms with Gasteiger partial charge in [0.15, 0.2) is 6.10 Å². The number of ether oxygens (including phenoxy) is 2. The summed E-state index contributed by atoms with van der Waals surface area (Å²) >= 11 is 0. The molecule has 9 nitrogen and oxygen atoms in total. The topological polar surface area (TPSA) is 112 Å². The van der Waals surface area contributed by atoms with E-state index in [-0.39, 0.29) is 32.2 Å². The second kappa shape index (κ2) is 20.8. The van der Waals surface area contributed by atoms with Gasteiger partial charge in [-0.3, -0.25) is 13.8 Å². The zero-order chi connectivity index (χ0) is 32.3. The van der Waals surface area contributed by atoms with E-state index in [1.807, 2.05) is 81.8 Å². The number of nitrogens with zero attached hydrogens (tertiary/aromatic N) is 1. The minimum Gasteiger partial charge on any atom is -0.453 e. The Kier molecular flexibility index (Phi) is 18.0. The third kappa shape index (κ3) is 16.8. The summed E-state index contributed by atoms with van der Waals surface area (Å²) in [5, 5.41) is 10.9. The maximum Gasteiger partial charge on any atom is 0.472 e. The molecule has 2 rings (SSSR count). The number of esters is 1. The van der Waals surface area contributed by atoms with Crippen LogP contribution in [0.4, 0.5) is 0 Å². The number of rotatable bonds is 24. The number of aliphatic hydroxyl groups is 1. The number of hydrogen-bond acceptors (Lipinski definition) is 7. The Morgan fingerprint density at radius 3 is 2.00 bits per heavy atom. The van der Waals surface area contributed by atoms with E-state index in [9.17, 15) is 19.4 Å². The number of quaternary nitrogens is 1. The molecular formula is C34H55NO8P+. The van der Waals surface area contributed by atoms with E-state index in [0.717, 1.165) is 30.4 Å². The molecule has 10 heteroatoms. The van der Waals surface area contributed by atoms with Gasteiger partial charge in [-0.05, 0) is 30.4 Å². The maximum absolute atomic E-state index is 12.8. The molecule has 0 heterocycles. The molecule has 44 heavy (non-hydrogen) atoms. The van der Waals surface area contributed by atoms with Gasteiger partial charge in [-0.1, -0.05) is 106 Å². The number of hydrogen-bond donors (Lipinski definition) is 2. The van der Waals surface area contributed by atoms with Crippen molar-refractivity contribution in [2.75, 3.05) is 47.5 Å². The van der Waals surface area contributed by atoms with Crippen molar-refractivity contribution in [2.24, 2.45) is 0 Å². The van der Waals surface area contributed by atoms with Gasteiger partial charge in [0.2, 0.25) is 0 Å². The number of phosphoric acid groups is 1. The lowest BCUT2D eigenvalue weighted by Gasteiger charge is -2.26.